The maximum Gasteiger partial charge on any atom is 0.319 e. The first kappa shape index (κ1) is 20.2. The third kappa shape index (κ3) is 6.53. The molecule has 1 fully saturated rings. The number of rotatable bonds is 8. The summed E-state index contributed by atoms with van der Waals surface area (Å²) in [5, 5.41) is 10.9. The second kappa shape index (κ2) is 9.59. The van der Waals surface area contributed by atoms with Crippen molar-refractivity contribution in [1.82, 2.24) is 5.32 Å². The summed E-state index contributed by atoms with van der Waals surface area (Å²) in [6.07, 6.45) is 1.87. The Morgan fingerprint density at radius 3 is 2.28 bits per heavy atom. The molecular weight excluding hydrogens is 372 g/mol. The van der Waals surface area contributed by atoms with Gasteiger partial charge in [0.1, 0.15) is 5.75 Å². The minimum Gasteiger partial charge on any atom is -0.484 e. The summed E-state index contributed by atoms with van der Waals surface area (Å²) in [5.74, 6) is 0.276. The van der Waals surface area contributed by atoms with Crippen LogP contribution in [0.25, 0.3) is 0 Å². The minimum atomic E-state index is -0.340. The fourth-order valence-electron chi connectivity index (χ4n) is 2.61. The predicted octanol–water partition coefficient (Wildman–Crippen LogP) is 3.19. The van der Waals surface area contributed by atoms with Gasteiger partial charge in [0.05, 0.1) is 0 Å². The average Bonchev–Trinajstić information content (AvgIpc) is 3.52. The molecule has 0 bridgehead atoms. The number of benzene rings is 2. The monoisotopic (exact) mass is 396 g/mol. The van der Waals surface area contributed by atoms with E-state index in [2.05, 4.69) is 21.3 Å². The number of nitrogens with one attached hydrogen (secondary N) is 4. The van der Waals surface area contributed by atoms with Crippen molar-refractivity contribution in [3.8, 4) is 5.75 Å². The number of amides is 4. The molecule has 0 unspecified atom stereocenters. The van der Waals surface area contributed by atoms with Gasteiger partial charge in [0.15, 0.2) is 6.61 Å². The first-order valence-corrected chi connectivity index (χ1v) is 9.52. The van der Waals surface area contributed by atoms with Crippen LogP contribution in [0.2, 0.25) is 0 Å². The molecule has 0 saturated heterocycles. The van der Waals surface area contributed by atoms with Gasteiger partial charge in [-0.25, -0.2) is 4.79 Å². The van der Waals surface area contributed by atoms with Crippen LogP contribution in [0.5, 0.6) is 5.75 Å². The molecule has 1 aliphatic rings. The second-order valence-corrected chi connectivity index (χ2v) is 6.69. The van der Waals surface area contributed by atoms with E-state index in [9.17, 15) is 14.4 Å². The molecule has 29 heavy (non-hydrogen) atoms. The van der Waals surface area contributed by atoms with Crippen molar-refractivity contribution in [2.75, 3.05) is 29.1 Å². The Morgan fingerprint density at radius 2 is 1.59 bits per heavy atom. The lowest BCUT2D eigenvalue weighted by atomic mass is 10.2. The normalized spacial score (nSPS) is 12.6. The lowest BCUT2D eigenvalue weighted by molar-refractivity contribution is -0.118. The van der Waals surface area contributed by atoms with E-state index < -0.39 is 0 Å². The van der Waals surface area contributed by atoms with Crippen LogP contribution < -0.4 is 26.0 Å². The summed E-state index contributed by atoms with van der Waals surface area (Å²) < 4.78 is 5.52. The Balaban J connectivity index is 1.49. The van der Waals surface area contributed by atoms with Crippen molar-refractivity contribution in [3.05, 3.63) is 48.5 Å². The fraction of sp³-hybridized carbons (Fsp3) is 0.286. The zero-order valence-electron chi connectivity index (χ0n) is 16.2. The van der Waals surface area contributed by atoms with E-state index in [1.54, 1.807) is 48.5 Å². The van der Waals surface area contributed by atoms with E-state index in [0.29, 0.717) is 29.4 Å². The van der Waals surface area contributed by atoms with Gasteiger partial charge in [0.25, 0.3) is 5.91 Å². The van der Waals surface area contributed by atoms with Gasteiger partial charge in [-0.3, -0.25) is 9.59 Å². The zero-order chi connectivity index (χ0) is 20.6. The van der Waals surface area contributed by atoms with E-state index in [-0.39, 0.29) is 30.4 Å². The SMILES string of the molecule is CCNC(=O)Nc1cccc(NC(=O)COc2cccc(NC(=O)C3CC3)c2)c1. The van der Waals surface area contributed by atoms with Crippen molar-refractivity contribution < 1.29 is 19.1 Å². The predicted molar refractivity (Wildman–Crippen MR) is 111 cm³/mol. The van der Waals surface area contributed by atoms with Crippen LogP contribution in [-0.4, -0.2) is 31.0 Å². The first-order valence-electron chi connectivity index (χ1n) is 9.52. The molecule has 0 atom stereocenters. The molecule has 0 aliphatic heterocycles. The molecule has 8 nitrogen and oxygen atoms in total. The summed E-state index contributed by atoms with van der Waals surface area (Å²) in [6.45, 7) is 2.16. The molecule has 152 valence electrons. The van der Waals surface area contributed by atoms with Crippen LogP contribution in [0.4, 0.5) is 21.9 Å². The Morgan fingerprint density at radius 1 is 0.931 bits per heavy atom. The molecule has 0 radical (unpaired) electrons. The van der Waals surface area contributed by atoms with Crippen LogP contribution in [0, 0.1) is 5.92 Å². The highest BCUT2D eigenvalue weighted by Crippen LogP contribution is 2.30. The van der Waals surface area contributed by atoms with Crippen LogP contribution >= 0.6 is 0 Å². The molecule has 1 aliphatic carbocycles. The topological polar surface area (TPSA) is 109 Å². The summed E-state index contributed by atoms with van der Waals surface area (Å²) >= 11 is 0. The summed E-state index contributed by atoms with van der Waals surface area (Å²) in [4.78, 5) is 35.6. The smallest absolute Gasteiger partial charge is 0.319 e. The highest BCUT2D eigenvalue weighted by Gasteiger charge is 2.29. The molecule has 8 heteroatoms. The third-order valence-corrected chi connectivity index (χ3v) is 4.16. The van der Waals surface area contributed by atoms with Gasteiger partial charge in [-0.1, -0.05) is 12.1 Å². The quantitative estimate of drug-likeness (QED) is 0.549. The van der Waals surface area contributed by atoms with Crippen LogP contribution in [-0.2, 0) is 9.59 Å². The van der Waals surface area contributed by atoms with Crippen molar-refractivity contribution in [2.24, 2.45) is 5.92 Å². The molecular formula is C21H24N4O4. The molecule has 1 saturated carbocycles. The number of ether oxygens (including phenoxy) is 1. The molecule has 0 spiro atoms. The largest absolute Gasteiger partial charge is 0.484 e. The van der Waals surface area contributed by atoms with Gasteiger partial charge in [0, 0.05) is 35.6 Å². The Hall–Kier alpha value is -3.55. The first-order chi connectivity index (χ1) is 14.0. The van der Waals surface area contributed by atoms with Crippen molar-refractivity contribution in [3.63, 3.8) is 0 Å². The van der Waals surface area contributed by atoms with Gasteiger partial charge in [-0.2, -0.15) is 0 Å². The Bertz CT molecular complexity index is 896. The highest BCUT2D eigenvalue weighted by atomic mass is 16.5. The van der Waals surface area contributed by atoms with Crippen molar-refractivity contribution >= 4 is 34.9 Å². The maximum absolute atomic E-state index is 12.2. The minimum absolute atomic E-state index is 0.0148. The fourth-order valence-corrected chi connectivity index (χ4v) is 2.61. The van der Waals surface area contributed by atoms with Crippen LogP contribution in [0.15, 0.2) is 48.5 Å². The summed E-state index contributed by atoms with van der Waals surface area (Å²) in [6, 6.07) is 13.4. The Kier molecular flexibility index (Phi) is 6.67. The lowest BCUT2D eigenvalue weighted by Gasteiger charge is -2.11. The molecule has 4 N–H and O–H groups in total. The summed E-state index contributed by atoms with van der Waals surface area (Å²) in [7, 11) is 0. The van der Waals surface area contributed by atoms with E-state index in [1.807, 2.05) is 6.92 Å². The van der Waals surface area contributed by atoms with Gasteiger partial charge in [0.2, 0.25) is 5.91 Å². The molecule has 2 aromatic rings. The van der Waals surface area contributed by atoms with Gasteiger partial charge >= 0.3 is 6.03 Å². The van der Waals surface area contributed by atoms with Crippen LogP contribution in [0.1, 0.15) is 19.8 Å². The maximum atomic E-state index is 12.2. The molecule has 2 aromatic carbocycles. The number of hydrogen-bond acceptors (Lipinski definition) is 4. The van der Waals surface area contributed by atoms with E-state index >= 15 is 0 Å². The third-order valence-electron chi connectivity index (χ3n) is 4.16. The Labute approximate surface area is 169 Å². The second-order valence-electron chi connectivity index (χ2n) is 6.69. The standard InChI is InChI=1S/C21H24N4O4/c1-2-22-21(28)25-16-6-3-5-15(11-16)23-19(26)13-29-18-8-4-7-17(12-18)24-20(27)14-9-10-14/h3-8,11-12,14H,2,9-10,13H2,1H3,(H,23,26)(H,24,27)(H2,22,25,28). The molecule has 0 heterocycles. The van der Waals surface area contributed by atoms with Gasteiger partial charge < -0.3 is 26.0 Å². The van der Waals surface area contributed by atoms with E-state index in [4.69, 9.17) is 4.74 Å². The zero-order valence-corrected chi connectivity index (χ0v) is 16.2. The van der Waals surface area contributed by atoms with Crippen LogP contribution in [0.3, 0.4) is 0 Å². The van der Waals surface area contributed by atoms with E-state index in [1.165, 1.54) is 0 Å². The number of hydrogen-bond donors (Lipinski definition) is 4. The van der Waals surface area contributed by atoms with Crippen molar-refractivity contribution in [2.45, 2.75) is 19.8 Å². The molecule has 3 rings (SSSR count). The number of anilines is 3. The van der Waals surface area contributed by atoms with E-state index in [0.717, 1.165) is 12.8 Å². The van der Waals surface area contributed by atoms with Gasteiger partial charge in [-0.05, 0) is 50.1 Å². The van der Waals surface area contributed by atoms with Crippen molar-refractivity contribution in [1.29, 1.82) is 0 Å². The molecule has 0 aromatic heterocycles. The number of carbonyl (C=O) groups excluding carboxylic acids is 3. The highest BCUT2D eigenvalue weighted by molar-refractivity contribution is 5.95. The average molecular weight is 396 g/mol. The number of carbonyl (C=O) groups is 3. The summed E-state index contributed by atoms with van der Waals surface area (Å²) in [5.41, 5.74) is 1.75. The van der Waals surface area contributed by atoms with Gasteiger partial charge in [-0.15, -0.1) is 0 Å². The lowest BCUT2D eigenvalue weighted by Crippen LogP contribution is -2.28. The number of urea groups is 1. The molecule has 4 amide bonds.